The van der Waals surface area contributed by atoms with Crippen molar-refractivity contribution in [1.82, 2.24) is 4.98 Å². The van der Waals surface area contributed by atoms with Gasteiger partial charge in [-0.3, -0.25) is 4.79 Å². The van der Waals surface area contributed by atoms with Crippen LogP contribution in [0.5, 0.6) is 5.75 Å². The van der Waals surface area contributed by atoms with Crippen molar-refractivity contribution in [1.29, 1.82) is 0 Å². The van der Waals surface area contributed by atoms with Gasteiger partial charge in [0.15, 0.2) is 0 Å². The highest BCUT2D eigenvalue weighted by Crippen LogP contribution is 2.28. The normalized spacial score (nSPS) is 10.2. The number of thioether (sulfide) groups is 1. The first kappa shape index (κ1) is 15.7. The number of ether oxygens (including phenoxy) is 1. The van der Waals surface area contributed by atoms with E-state index in [9.17, 15) is 4.79 Å². The molecule has 0 aliphatic carbocycles. The van der Waals surface area contributed by atoms with Crippen molar-refractivity contribution < 1.29 is 9.53 Å². The molecular formula is C15H15ClN2O2S. The van der Waals surface area contributed by atoms with Gasteiger partial charge in [-0.1, -0.05) is 29.4 Å². The fourth-order valence-electron chi connectivity index (χ4n) is 1.64. The van der Waals surface area contributed by atoms with Crippen molar-refractivity contribution >= 4 is 35.0 Å². The Morgan fingerprint density at radius 1 is 1.38 bits per heavy atom. The van der Waals surface area contributed by atoms with Crippen LogP contribution in [0.15, 0.2) is 41.6 Å². The number of hydrogen-bond donors (Lipinski definition) is 1. The quantitative estimate of drug-likeness (QED) is 0.851. The van der Waals surface area contributed by atoms with E-state index in [0.717, 1.165) is 10.6 Å². The molecule has 1 heterocycles. The Balaban J connectivity index is 1.95. The van der Waals surface area contributed by atoms with Crippen molar-refractivity contribution in [3.8, 4) is 5.75 Å². The molecule has 0 unspecified atom stereocenters. The first-order valence-electron chi connectivity index (χ1n) is 6.27. The zero-order valence-electron chi connectivity index (χ0n) is 11.7. The lowest BCUT2D eigenvalue weighted by Gasteiger charge is -2.10. The predicted octanol–water partition coefficient (Wildman–Crippen LogP) is 3.78. The molecule has 0 bridgehead atoms. The number of nitrogens with zero attached hydrogens (tertiary/aromatic N) is 1. The molecule has 0 saturated heterocycles. The maximum absolute atomic E-state index is 12.0. The molecule has 0 aliphatic rings. The number of anilines is 1. The Bertz CT molecular complexity index is 632. The number of nitrogens with one attached hydrogen (secondary N) is 1. The van der Waals surface area contributed by atoms with Gasteiger partial charge in [0, 0.05) is 11.2 Å². The molecule has 4 nitrogen and oxygen atoms in total. The fraction of sp³-hybridized carbons (Fsp3) is 0.200. The minimum atomic E-state index is -0.136. The number of carbonyl (C=O) groups excluding carboxylic acids is 1. The van der Waals surface area contributed by atoms with Crippen LogP contribution < -0.4 is 10.1 Å². The molecule has 0 spiro atoms. The topological polar surface area (TPSA) is 51.2 Å². The van der Waals surface area contributed by atoms with Gasteiger partial charge >= 0.3 is 0 Å². The molecule has 0 atom stereocenters. The highest BCUT2D eigenvalue weighted by atomic mass is 35.5. The summed E-state index contributed by atoms with van der Waals surface area (Å²) in [5.41, 5.74) is 1.65. The molecule has 6 heteroatoms. The highest BCUT2D eigenvalue weighted by molar-refractivity contribution is 7.99. The first-order chi connectivity index (χ1) is 10.1. The second-order valence-electron chi connectivity index (χ2n) is 4.36. The molecule has 1 N–H and O–H groups in total. The number of benzene rings is 1. The average Bonchev–Trinajstić information content (AvgIpc) is 2.47. The third kappa shape index (κ3) is 4.65. The first-order valence-corrected chi connectivity index (χ1v) is 7.63. The third-order valence-corrected chi connectivity index (χ3v) is 3.85. The van der Waals surface area contributed by atoms with Crippen LogP contribution in [0.2, 0.25) is 5.02 Å². The summed E-state index contributed by atoms with van der Waals surface area (Å²) in [6.07, 6.45) is 1.78. The molecule has 21 heavy (non-hydrogen) atoms. The molecule has 1 aromatic carbocycles. The van der Waals surface area contributed by atoms with Crippen molar-refractivity contribution in [2.45, 2.75) is 11.9 Å². The minimum absolute atomic E-state index is 0.136. The van der Waals surface area contributed by atoms with Crippen LogP contribution in [-0.2, 0) is 4.79 Å². The number of carbonyl (C=O) groups is 1. The molecular weight excluding hydrogens is 308 g/mol. The zero-order chi connectivity index (χ0) is 15.2. The minimum Gasteiger partial charge on any atom is -0.495 e. The largest absolute Gasteiger partial charge is 0.495 e. The summed E-state index contributed by atoms with van der Waals surface area (Å²) in [6.45, 7) is 1.97. The van der Waals surface area contributed by atoms with E-state index in [2.05, 4.69) is 10.3 Å². The van der Waals surface area contributed by atoms with Crippen LogP contribution in [0, 0.1) is 6.92 Å². The van der Waals surface area contributed by atoms with Crippen LogP contribution in [0.1, 0.15) is 5.56 Å². The lowest BCUT2D eigenvalue weighted by molar-refractivity contribution is -0.113. The number of aromatic nitrogens is 1. The molecule has 1 aromatic heterocycles. The maximum atomic E-state index is 12.0. The number of rotatable bonds is 5. The van der Waals surface area contributed by atoms with Crippen LogP contribution >= 0.6 is 23.4 Å². The van der Waals surface area contributed by atoms with Crippen LogP contribution in [0.3, 0.4) is 0 Å². The molecule has 1 amide bonds. The van der Waals surface area contributed by atoms with E-state index < -0.39 is 0 Å². The van der Waals surface area contributed by atoms with E-state index in [-0.39, 0.29) is 11.7 Å². The smallest absolute Gasteiger partial charge is 0.234 e. The summed E-state index contributed by atoms with van der Waals surface area (Å²) in [5, 5.41) is 4.14. The lowest BCUT2D eigenvalue weighted by Crippen LogP contribution is -2.14. The number of aryl methyl sites for hydroxylation is 1. The van der Waals surface area contributed by atoms with Crippen molar-refractivity contribution in [2.24, 2.45) is 0 Å². The highest BCUT2D eigenvalue weighted by Gasteiger charge is 2.09. The molecule has 110 valence electrons. The summed E-state index contributed by atoms with van der Waals surface area (Å²) in [6, 6.07) is 8.95. The standard InChI is InChI=1S/C15H15ClN2O2S/c1-10-3-6-15(17-8-10)21-9-14(19)18-12-7-11(16)4-5-13(12)20-2/h3-8H,9H2,1-2H3,(H,18,19). The number of pyridine rings is 1. The van der Waals surface area contributed by atoms with Crippen LogP contribution in [0.25, 0.3) is 0 Å². The van der Waals surface area contributed by atoms with E-state index in [0.29, 0.717) is 16.5 Å². The summed E-state index contributed by atoms with van der Waals surface area (Å²) < 4.78 is 5.18. The Labute approximate surface area is 132 Å². The predicted molar refractivity (Wildman–Crippen MR) is 86.3 cm³/mol. The van der Waals surface area contributed by atoms with E-state index in [1.807, 2.05) is 19.1 Å². The second-order valence-corrected chi connectivity index (χ2v) is 5.79. The van der Waals surface area contributed by atoms with Gasteiger partial charge in [-0.25, -0.2) is 4.98 Å². The number of methoxy groups -OCH3 is 1. The van der Waals surface area contributed by atoms with Crippen molar-refractivity contribution in [3.63, 3.8) is 0 Å². The second kappa shape index (κ2) is 7.33. The average molecular weight is 323 g/mol. The molecule has 0 aliphatic heterocycles. The molecule has 2 aromatic rings. The Hall–Kier alpha value is -1.72. The lowest BCUT2D eigenvalue weighted by atomic mass is 10.3. The molecule has 0 fully saturated rings. The van der Waals surface area contributed by atoms with E-state index in [1.54, 1.807) is 31.5 Å². The number of halogens is 1. The molecule has 0 radical (unpaired) electrons. The SMILES string of the molecule is COc1ccc(Cl)cc1NC(=O)CSc1ccc(C)cn1. The third-order valence-electron chi connectivity index (χ3n) is 2.67. The van der Waals surface area contributed by atoms with E-state index in [1.165, 1.54) is 11.8 Å². The van der Waals surface area contributed by atoms with E-state index in [4.69, 9.17) is 16.3 Å². The zero-order valence-corrected chi connectivity index (χ0v) is 13.3. The number of amides is 1. The summed E-state index contributed by atoms with van der Waals surface area (Å²) in [5.74, 6) is 0.709. The fourth-order valence-corrected chi connectivity index (χ4v) is 2.46. The summed E-state index contributed by atoms with van der Waals surface area (Å²) >= 11 is 7.30. The van der Waals surface area contributed by atoms with Gasteiger partial charge in [-0.15, -0.1) is 0 Å². The Kier molecular flexibility index (Phi) is 5.47. The van der Waals surface area contributed by atoms with Crippen LogP contribution in [0.4, 0.5) is 5.69 Å². The molecule has 2 rings (SSSR count). The summed E-state index contributed by atoms with van der Waals surface area (Å²) in [7, 11) is 1.55. The van der Waals surface area contributed by atoms with Gasteiger partial charge in [0.1, 0.15) is 5.75 Å². The monoisotopic (exact) mass is 322 g/mol. The van der Waals surface area contributed by atoms with Crippen LogP contribution in [-0.4, -0.2) is 23.8 Å². The van der Waals surface area contributed by atoms with E-state index >= 15 is 0 Å². The maximum Gasteiger partial charge on any atom is 0.234 e. The number of hydrogen-bond acceptors (Lipinski definition) is 4. The molecule has 0 saturated carbocycles. The Morgan fingerprint density at radius 2 is 2.19 bits per heavy atom. The van der Waals surface area contributed by atoms with Gasteiger partial charge in [-0.05, 0) is 36.8 Å². The van der Waals surface area contributed by atoms with Gasteiger partial charge < -0.3 is 10.1 Å². The van der Waals surface area contributed by atoms with Crippen molar-refractivity contribution in [2.75, 3.05) is 18.2 Å². The van der Waals surface area contributed by atoms with Gasteiger partial charge in [0.2, 0.25) is 5.91 Å². The van der Waals surface area contributed by atoms with Crippen molar-refractivity contribution in [3.05, 3.63) is 47.1 Å². The van der Waals surface area contributed by atoms with Gasteiger partial charge in [0.05, 0.1) is 23.6 Å². The van der Waals surface area contributed by atoms with Gasteiger partial charge in [-0.2, -0.15) is 0 Å². The van der Waals surface area contributed by atoms with Gasteiger partial charge in [0.25, 0.3) is 0 Å². The summed E-state index contributed by atoms with van der Waals surface area (Å²) in [4.78, 5) is 16.2. The Morgan fingerprint density at radius 3 is 2.86 bits per heavy atom.